The van der Waals surface area contributed by atoms with Gasteiger partial charge in [-0.05, 0) is 37.3 Å². The summed E-state index contributed by atoms with van der Waals surface area (Å²) in [4.78, 5) is 12.6. The summed E-state index contributed by atoms with van der Waals surface area (Å²) in [7, 11) is 0. The Morgan fingerprint density at radius 3 is 2.56 bits per heavy atom. The lowest BCUT2D eigenvalue weighted by Crippen LogP contribution is -2.00. The second-order valence-electron chi connectivity index (χ2n) is 5.59. The summed E-state index contributed by atoms with van der Waals surface area (Å²) in [5.41, 5.74) is 9.48. The van der Waals surface area contributed by atoms with Gasteiger partial charge in [0.25, 0.3) is 0 Å². The molecule has 0 atom stereocenters. The van der Waals surface area contributed by atoms with Crippen molar-refractivity contribution in [2.75, 3.05) is 11.1 Å². The maximum Gasteiger partial charge on any atom is 0.223 e. The van der Waals surface area contributed by atoms with Crippen LogP contribution in [0.2, 0.25) is 5.15 Å². The first-order chi connectivity index (χ1) is 12.1. The van der Waals surface area contributed by atoms with Crippen molar-refractivity contribution in [3.05, 3.63) is 65.6 Å². The molecule has 2 heterocycles. The number of hydrogen-bond acceptors (Lipinski definition) is 5. The number of nitrogens with zero attached hydrogens (tertiary/aromatic N) is 4. The van der Waals surface area contributed by atoms with E-state index in [1.807, 2.05) is 43.3 Å². The summed E-state index contributed by atoms with van der Waals surface area (Å²) in [6.45, 7) is 1.99. The van der Waals surface area contributed by atoms with Crippen LogP contribution >= 0.6 is 11.6 Å². The quantitative estimate of drug-likeness (QED) is 0.543. The first-order valence-corrected chi connectivity index (χ1v) is 8.09. The van der Waals surface area contributed by atoms with E-state index in [-0.39, 0.29) is 5.95 Å². The first-order valence-electron chi connectivity index (χ1n) is 7.72. The average molecular weight is 351 g/mol. The van der Waals surface area contributed by atoms with Crippen molar-refractivity contribution in [2.45, 2.75) is 6.92 Å². The SMILES string of the molecule is Cc1nc2cc(Nc3cc(Cl)nc(N)n3)ccc2n1-c1ccccc1. The van der Waals surface area contributed by atoms with Gasteiger partial charge in [-0.2, -0.15) is 4.98 Å². The number of nitrogen functional groups attached to an aromatic ring is 1. The molecule has 124 valence electrons. The van der Waals surface area contributed by atoms with Gasteiger partial charge in [-0.3, -0.25) is 4.57 Å². The van der Waals surface area contributed by atoms with Crippen LogP contribution in [0.4, 0.5) is 17.5 Å². The van der Waals surface area contributed by atoms with E-state index < -0.39 is 0 Å². The van der Waals surface area contributed by atoms with E-state index in [1.165, 1.54) is 0 Å². The molecule has 0 aliphatic rings. The van der Waals surface area contributed by atoms with Crippen LogP contribution < -0.4 is 11.1 Å². The average Bonchev–Trinajstić information content (AvgIpc) is 2.89. The fraction of sp³-hybridized carbons (Fsp3) is 0.0556. The van der Waals surface area contributed by atoms with Gasteiger partial charge in [0.05, 0.1) is 11.0 Å². The second-order valence-corrected chi connectivity index (χ2v) is 5.98. The van der Waals surface area contributed by atoms with Gasteiger partial charge in [-0.1, -0.05) is 29.8 Å². The lowest BCUT2D eigenvalue weighted by Gasteiger charge is -2.08. The highest BCUT2D eigenvalue weighted by atomic mass is 35.5. The first kappa shape index (κ1) is 15.4. The minimum atomic E-state index is 0.125. The zero-order valence-electron chi connectivity index (χ0n) is 13.4. The minimum Gasteiger partial charge on any atom is -0.368 e. The number of nitrogens with one attached hydrogen (secondary N) is 1. The Bertz CT molecular complexity index is 1040. The molecule has 0 amide bonds. The van der Waals surface area contributed by atoms with Crippen LogP contribution in [0, 0.1) is 6.92 Å². The molecular weight excluding hydrogens is 336 g/mol. The minimum absolute atomic E-state index is 0.125. The van der Waals surface area contributed by atoms with Crippen molar-refractivity contribution >= 4 is 40.1 Å². The number of halogens is 1. The van der Waals surface area contributed by atoms with Crippen molar-refractivity contribution in [3.8, 4) is 5.69 Å². The van der Waals surface area contributed by atoms with E-state index in [9.17, 15) is 0 Å². The van der Waals surface area contributed by atoms with Gasteiger partial charge >= 0.3 is 0 Å². The van der Waals surface area contributed by atoms with Gasteiger partial charge in [-0.25, -0.2) is 9.97 Å². The molecule has 4 rings (SSSR count). The predicted molar refractivity (Wildman–Crippen MR) is 101 cm³/mol. The Kier molecular flexibility index (Phi) is 3.74. The zero-order chi connectivity index (χ0) is 17.4. The maximum absolute atomic E-state index is 5.92. The maximum atomic E-state index is 5.92. The molecule has 4 aromatic rings. The molecule has 6 nitrogen and oxygen atoms in total. The molecule has 0 spiro atoms. The number of anilines is 3. The van der Waals surface area contributed by atoms with E-state index in [0.29, 0.717) is 11.0 Å². The molecule has 0 aliphatic heterocycles. The van der Waals surface area contributed by atoms with Gasteiger partial charge in [0.1, 0.15) is 16.8 Å². The van der Waals surface area contributed by atoms with E-state index in [2.05, 4.69) is 37.0 Å². The summed E-state index contributed by atoms with van der Waals surface area (Å²) in [5, 5.41) is 3.47. The third-order valence-electron chi connectivity index (χ3n) is 3.82. The normalized spacial score (nSPS) is 11.0. The molecule has 0 unspecified atom stereocenters. The molecule has 0 fully saturated rings. The van der Waals surface area contributed by atoms with Crippen molar-refractivity contribution in [2.24, 2.45) is 0 Å². The summed E-state index contributed by atoms with van der Waals surface area (Å²) in [6, 6.07) is 17.7. The predicted octanol–water partition coefficient (Wildman–Crippen LogP) is 4.10. The lowest BCUT2D eigenvalue weighted by atomic mass is 10.2. The number of fused-ring (bicyclic) bond motifs is 1. The lowest BCUT2D eigenvalue weighted by molar-refractivity contribution is 1.00. The van der Waals surface area contributed by atoms with Crippen molar-refractivity contribution in [3.63, 3.8) is 0 Å². The van der Waals surface area contributed by atoms with Crippen LogP contribution in [-0.4, -0.2) is 19.5 Å². The Morgan fingerprint density at radius 1 is 1.00 bits per heavy atom. The molecule has 0 saturated heterocycles. The van der Waals surface area contributed by atoms with Crippen LogP contribution in [0.3, 0.4) is 0 Å². The highest BCUT2D eigenvalue weighted by molar-refractivity contribution is 6.29. The second kappa shape index (κ2) is 6.07. The van der Waals surface area contributed by atoms with Crippen LogP contribution in [0.15, 0.2) is 54.6 Å². The van der Waals surface area contributed by atoms with Crippen LogP contribution in [0.25, 0.3) is 16.7 Å². The fourth-order valence-corrected chi connectivity index (χ4v) is 3.02. The number of nitrogens with two attached hydrogens (primary N) is 1. The van der Waals surface area contributed by atoms with Crippen LogP contribution in [0.5, 0.6) is 0 Å². The van der Waals surface area contributed by atoms with Gasteiger partial charge in [0.2, 0.25) is 5.95 Å². The molecule has 25 heavy (non-hydrogen) atoms. The topological polar surface area (TPSA) is 81.7 Å². The van der Waals surface area contributed by atoms with E-state index in [1.54, 1.807) is 6.07 Å². The Balaban J connectivity index is 1.74. The zero-order valence-corrected chi connectivity index (χ0v) is 14.2. The van der Waals surface area contributed by atoms with E-state index in [4.69, 9.17) is 17.3 Å². The number of hydrogen-bond donors (Lipinski definition) is 2. The Hall–Kier alpha value is -3.12. The molecule has 2 aromatic heterocycles. The highest BCUT2D eigenvalue weighted by Gasteiger charge is 2.10. The van der Waals surface area contributed by atoms with Gasteiger partial charge < -0.3 is 11.1 Å². The molecule has 2 aromatic carbocycles. The highest BCUT2D eigenvalue weighted by Crippen LogP contribution is 2.26. The molecule has 0 saturated carbocycles. The summed E-state index contributed by atoms with van der Waals surface area (Å²) < 4.78 is 2.12. The number of aromatic nitrogens is 4. The monoisotopic (exact) mass is 350 g/mol. The fourth-order valence-electron chi connectivity index (χ4n) is 2.83. The summed E-state index contributed by atoms with van der Waals surface area (Å²) >= 11 is 5.92. The molecule has 0 bridgehead atoms. The third kappa shape index (κ3) is 2.99. The summed E-state index contributed by atoms with van der Waals surface area (Å²) in [5.74, 6) is 1.59. The van der Waals surface area contributed by atoms with E-state index in [0.717, 1.165) is 28.2 Å². The van der Waals surface area contributed by atoms with Crippen molar-refractivity contribution in [1.82, 2.24) is 19.5 Å². The number of imidazole rings is 1. The van der Waals surface area contributed by atoms with Crippen LogP contribution in [0.1, 0.15) is 5.82 Å². The number of aryl methyl sites for hydroxylation is 1. The molecule has 3 N–H and O–H groups in total. The Labute approximate surface area is 149 Å². The van der Waals surface area contributed by atoms with Crippen molar-refractivity contribution < 1.29 is 0 Å². The molecule has 0 radical (unpaired) electrons. The van der Waals surface area contributed by atoms with Gasteiger partial charge in [-0.15, -0.1) is 0 Å². The number of rotatable bonds is 3. The number of para-hydroxylation sites is 1. The smallest absolute Gasteiger partial charge is 0.223 e. The Morgan fingerprint density at radius 2 is 1.80 bits per heavy atom. The number of benzene rings is 2. The standard InChI is InChI=1S/C18H15ClN6/c1-11-21-14-9-12(22-17-10-16(19)23-18(20)24-17)7-8-15(14)25(11)13-5-3-2-4-6-13/h2-10H,1H3,(H3,20,22,23,24). The molecule has 7 heteroatoms. The largest absolute Gasteiger partial charge is 0.368 e. The van der Waals surface area contributed by atoms with Gasteiger partial charge in [0.15, 0.2) is 0 Å². The molecule has 0 aliphatic carbocycles. The molecular formula is C18H15ClN6. The summed E-state index contributed by atoms with van der Waals surface area (Å²) in [6.07, 6.45) is 0. The van der Waals surface area contributed by atoms with Crippen LogP contribution in [-0.2, 0) is 0 Å². The van der Waals surface area contributed by atoms with Gasteiger partial charge in [0, 0.05) is 17.4 Å². The van der Waals surface area contributed by atoms with E-state index >= 15 is 0 Å². The van der Waals surface area contributed by atoms with Crippen molar-refractivity contribution in [1.29, 1.82) is 0 Å². The third-order valence-corrected chi connectivity index (χ3v) is 4.01.